The Balaban J connectivity index is 0.00000529. The van der Waals surface area contributed by atoms with Gasteiger partial charge in [0.25, 0.3) is 0 Å². The fraction of sp³-hybridized carbons (Fsp3) is 0.588. The molecule has 1 aromatic carbocycles. The molecular formula is C17H30IN3O3. The Kier molecular flexibility index (Phi) is 12.4. The molecule has 138 valence electrons. The Hall–Kier alpha value is -1.22. The van der Waals surface area contributed by atoms with Crippen LogP contribution in [-0.4, -0.2) is 58.4 Å². The molecule has 7 heteroatoms. The van der Waals surface area contributed by atoms with Crippen molar-refractivity contribution in [2.75, 3.05) is 47.6 Å². The van der Waals surface area contributed by atoms with Gasteiger partial charge in [-0.05, 0) is 26.0 Å². The predicted molar refractivity (Wildman–Crippen MR) is 109 cm³/mol. The van der Waals surface area contributed by atoms with Crippen molar-refractivity contribution < 1.29 is 14.2 Å². The van der Waals surface area contributed by atoms with Crippen molar-refractivity contribution >= 4 is 29.9 Å². The molecule has 0 saturated heterocycles. The van der Waals surface area contributed by atoms with Crippen molar-refractivity contribution in [2.45, 2.75) is 20.4 Å². The highest BCUT2D eigenvalue weighted by Crippen LogP contribution is 2.25. The first-order valence-electron chi connectivity index (χ1n) is 7.94. The Morgan fingerprint density at radius 3 is 2.54 bits per heavy atom. The van der Waals surface area contributed by atoms with E-state index in [1.807, 2.05) is 32.2 Å². The summed E-state index contributed by atoms with van der Waals surface area (Å²) in [5, 5.41) is 3.29. The van der Waals surface area contributed by atoms with Gasteiger partial charge in [0, 0.05) is 38.4 Å². The average Bonchev–Trinajstić information content (AvgIpc) is 2.57. The van der Waals surface area contributed by atoms with Gasteiger partial charge in [0.2, 0.25) is 0 Å². The van der Waals surface area contributed by atoms with Gasteiger partial charge in [-0.25, -0.2) is 0 Å². The van der Waals surface area contributed by atoms with E-state index in [9.17, 15) is 0 Å². The Morgan fingerprint density at radius 2 is 1.96 bits per heavy atom. The van der Waals surface area contributed by atoms with E-state index in [1.54, 1.807) is 14.2 Å². The third kappa shape index (κ3) is 7.57. The second kappa shape index (κ2) is 13.1. The van der Waals surface area contributed by atoms with E-state index in [2.05, 4.69) is 22.1 Å². The van der Waals surface area contributed by atoms with Crippen LogP contribution in [0.3, 0.4) is 0 Å². The number of aliphatic imine (C=N–C) groups is 1. The lowest BCUT2D eigenvalue weighted by Gasteiger charge is -2.23. The first-order chi connectivity index (χ1) is 11.2. The Labute approximate surface area is 162 Å². The molecule has 24 heavy (non-hydrogen) atoms. The highest BCUT2D eigenvalue weighted by Gasteiger charge is 2.11. The van der Waals surface area contributed by atoms with Crippen molar-refractivity contribution in [1.82, 2.24) is 10.2 Å². The molecule has 0 heterocycles. The van der Waals surface area contributed by atoms with Crippen LogP contribution in [0, 0.1) is 0 Å². The van der Waals surface area contributed by atoms with E-state index in [4.69, 9.17) is 14.2 Å². The lowest BCUT2D eigenvalue weighted by Crippen LogP contribution is -2.38. The number of halogens is 1. The van der Waals surface area contributed by atoms with E-state index in [0.717, 1.165) is 29.6 Å². The van der Waals surface area contributed by atoms with Crippen LogP contribution in [0.1, 0.15) is 19.4 Å². The van der Waals surface area contributed by atoms with Gasteiger partial charge in [-0.15, -0.1) is 24.0 Å². The molecule has 6 nitrogen and oxygen atoms in total. The first kappa shape index (κ1) is 22.8. The van der Waals surface area contributed by atoms with Crippen molar-refractivity contribution in [3.05, 3.63) is 23.8 Å². The Bertz CT molecular complexity index is 498. The lowest BCUT2D eigenvalue weighted by molar-refractivity contribution is 0.155. The minimum Gasteiger partial charge on any atom is -0.497 e. The molecule has 0 atom stereocenters. The van der Waals surface area contributed by atoms with E-state index in [0.29, 0.717) is 26.3 Å². The largest absolute Gasteiger partial charge is 0.497 e. The fourth-order valence-electron chi connectivity index (χ4n) is 2.14. The third-order valence-corrected chi connectivity index (χ3v) is 3.30. The minimum atomic E-state index is 0. The fourth-order valence-corrected chi connectivity index (χ4v) is 2.14. The normalized spacial score (nSPS) is 10.8. The summed E-state index contributed by atoms with van der Waals surface area (Å²) in [6.07, 6.45) is 0. The smallest absolute Gasteiger partial charge is 0.194 e. The van der Waals surface area contributed by atoms with Crippen molar-refractivity contribution in [3.8, 4) is 11.5 Å². The number of nitrogens with zero attached hydrogens (tertiary/aromatic N) is 2. The molecule has 0 spiro atoms. The highest BCUT2D eigenvalue weighted by atomic mass is 127. The van der Waals surface area contributed by atoms with Crippen LogP contribution in [0.5, 0.6) is 11.5 Å². The average molecular weight is 451 g/mol. The molecule has 1 aromatic rings. The number of hydrogen-bond donors (Lipinski definition) is 1. The number of rotatable bonds is 9. The van der Waals surface area contributed by atoms with Crippen LogP contribution in [-0.2, 0) is 11.3 Å². The zero-order valence-electron chi connectivity index (χ0n) is 15.3. The number of benzene rings is 1. The lowest BCUT2D eigenvalue weighted by atomic mass is 10.2. The van der Waals surface area contributed by atoms with Crippen molar-refractivity contribution in [2.24, 2.45) is 4.99 Å². The second-order valence-electron chi connectivity index (χ2n) is 4.97. The Morgan fingerprint density at radius 1 is 1.21 bits per heavy atom. The van der Waals surface area contributed by atoms with Gasteiger partial charge < -0.3 is 24.4 Å². The SMILES string of the molecule is CCNC(=NCCOCC)N(C)Cc1ccc(OC)cc1OC.I. The molecule has 0 fully saturated rings. The summed E-state index contributed by atoms with van der Waals surface area (Å²) in [5.74, 6) is 2.44. The predicted octanol–water partition coefficient (Wildman–Crippen LogP) is 2.76. The second-order valence-corrected chi connectivity index (χ2v) is 4.97. The monoisotopic (exact) mass is 451 g/mol. The molecular weight excluding hydrogens is 421 g/mol. The van der Waals surface area contributed by atoms with Gasteiger partial charge in [-0.2, -0.15) is 0 Å². The highest BCUT2D eigenvalue weighted by molar-refractivity contribution is 14.0. The minimum absolute atomic E-state index is 0. The molecule has 0 radical (unpaired) electrons. The maximum Gasteiger partial charge on any atom is 0.194 e. The van der Waals surface area contributed by atoms with Gasteiger partial charge in [-0.1, -0.05) is 0 Å². The summed E-state index contributed by atoms with van der Waals surface area (Å²) in [7, 11) is 5.32. The topological polar surface area (TPSA) is 55.3 Å². The molecule has 1 rings (SSSR count). The van der Waals surface area contributed by atoms with E-state index in [1.165, 1.54) is 0 Å². The summed E-state index contributed by atoms with van der Waals surface area (Å²) in [6, 6.07) is 5.84. The van der Waals surface area contributed by atoms with Crippen LogP contribution in [0.15, 0.2) is 23.2 Å². The van der Waals surface area contributed by atoms with E-state index in [-0.39, 0.29) is 24.0 Å². The van der Waals surface area contributed by atoms with Gasteiger partial charge in [-0.3, -0.25) is 4.99 Å². The molecule has 0 unspecified atom stereocenters. The van der Waals surface area contributed by atoms with Crippen molar-refractivity contribution in [1.29, 1.82) is 0 Å². The van der Waals surface area contributed by atoms with Crippen LogP contribution in [0.2, 0.25) is 0 Å². The number of nitrogens with one attached hydrogen (secondary N) is 1. The van der Waals surface area contributed by atoms with E-state index < -0.39 is 0 Å². The summed E-state index contributed by atoms with van der Waals surface area (Å²) >= 11 is 0. The number of ether oxygens (including phenoxy) is 3. The van der Waals surface area contributed by atoms with Gasteiger partial charge >= 0.3 is 0 Å². The summed E-state index contributed by atoms with van der Waals surface area (Å²) in [4.78, 5) is 6.65. The number of methoxy groups -OCH3 is 2. The van der Waals surface area contributed by atoms with Gasteiger partial charge in [0.15, 0.2) is 5.96 Å². The molecule has 0 saturated carbocycles. The third-order valence-electron chi connectivity index (χ3n) is 3.30. The van der Waals surface area contributed by atoms with Gasteiger partial charge in [0.1, 0.15) is 11.5 Å². The first-order valence-corrected chi connectivity index (χ1v) is 7.94. The number of hydrogen-bond acceptors (Lipinski definition) is 4. The standard InChI is InChI=1S/C17H29N3O3.HI/c1-6-18-17(19-10-11-23-7-2)20(3)13-14-8-9-15(21-4)12-16(14)22-5;/h8-9,12H,6-7,10-11,13H2,1-5H3,(H,18,19);1H. The van der Waals surface area contributed by atoms with Gasteiger partial charge in [0.05, 0.1) is 27.4 Å². The number of guanidine groups is 1. The van der Waals surface area contributed by atoms with Crippen LogP contribution < -0.4 is 14.8 Å². The molecule has 0 aliphatic heterocycles. The summed E-state index contributed by atoms with van der Waals surface area (Å²) in [5.41, 5.74) is 1.08. The van der Waals surface area contributed by atoms with Crippen LogP contribution in [0.4, 0.5) is 0 Å². The molecule has 0 bridgehead atoms. The quantitative estimate of drug-likeness (QED) is 0.271. The summed E-state index contributed by atoms with van der Waals surface area (Å²) < 4.78 is 16.0. The van der Waals surface area contributed by atoms with Crippen LogP contribution in [0.25, 0.3) is 0 Å². The maximum absolute atomic E-state index is 5.45. The molecule has 0 aliphatic carbocycles. The molecule has 0 aliphatic rings. The summed E-state index contributed by atoms with van der Waals surface area (Å²) in [6.45, 7) is 7.53. The van der Waals surface area contributed by atoms with E-state index >= 15 is 0 Å². The zero-order chi connectivity index (χ0) is 17.1. The molecule has 0 amide bonds. The zero-order valence-corrected chi connectivity index (χ0v) is 17.6. The molecule has 1 N–H and O–H groups in total. The van der Waals surface area contributed by atoms with Crippen molar-refractivity contribution in [3.63, 3.8) is 0 Å². The maximum atomic E-state index is 5.45. The van der Waals surface area contributed by atoms with Crippen LogP contribution >= 0.6 is 24.0 Å². The molecule has 0 aromatic heterocycles.